The molecule has 0 heterocycles. The highest BCUT2D eigenvalue weighted by Gasteiger charge is 2.08. The SMILES string of the molecule is Cc1cccc(N=Cc2c(OCc3cccc(Cl)c3)ccc3ccccc23)c1C. The smallest absolute Gasteiger partial charge is 0.129 e. The second kappa shape index (κ2) is 8.50. The third-order valence-corrected chi connectivity index (χ3v) is 5.36. The molecule has 4 aromatic carbocycles. The molecule has 4 aromatic rings. The van der Waals surface area contributed by atoms with Gasteiger partial charge in [-0.2, -0.15) is 0 Å². The van der Waals surface area contributed by atoms with E-state index in [-0.39, 0.29) is 0 Å². The predicted molar refractivity (Wildman–Crippen MR) is 123 cm³/mol. The summed E-state index contributed by atoms with van der Waals surface area (Å²) in [7, 11) is 0. The number of halogens is 1. The third kappa shape index (κ3) is 4.33. The van der Waals surface area contributed by atoms with Crippen molar-refractivity contribution in [2.24, 2.45) is 4.99 Å². The van der Waals surface area contributed by atoms with Crippen molar-refractivity contribution in [2.75, 3.05) is 0 Å². The largest absolute Gasteiger partial charge is 0.488 e. The molecule has 0 aliphatic rings. The second-order valence-electron chi connectivity index (χ2n) is 7.09. The van der Waals surface area contributed by atoms with E-state index in [4.69, 9.17) is 21.3 Å². The van der Waals surface area contributed by atoms with Gasteiger partial charge in [-0.1, -0.05) is 66.2 Å². The monoisotopic (exact) mass is 399 g/mol. The van der Waals surface area contributed by atoms with Crippen LogP contribution in [0, 0.1) is 13.8 Å². The zero-order valence-corrected chi connectivity index (χ0v) is 17.3. The molecule has 4 rings (SSSR count). The Balaban J connectivity index is 1.72. The molecular formula is C26H22ClNO. The van der Waals surface area contributed by atoms with Crippen LogP contribution in [0.5, 0.6) is 5.75 Å². The van der Waals surface area contributed by atoms with E-state index >= 15 is 0 Å². The van der Waals surface area contributed by atoms with E-state index in [0.717, 1.165) is 33.3 Å². The lowest BCUT2D eigenvalue weighted by Gasteiger charge is -2.12. The molecule has 0 aliphatic carbocycles. The Hall–Kier alpha value is -3.10. The summed E-state index contributed by atoms with van der Waals surface area (Å²) >= 11 is 6.10. The molecule has 0 unspecified atom stereocenters. The van der Waals surface area contributed by atoms with Crippen LogP contribution in [-0.2, 0) is 6.61 Å². The normalized spacial score (nSPS) is 11.3. The Bertz CT molecular complexity index is 1200. The minimum atomic E-state index is 0.448. The van der Waals surface area contributed by atoms with Gasteiger partial charge in [0.1, 0.15) is 12.4 Å². The highest BCUT2D eigenvalue weighted by Crippen LogP contribution is 2.29. The van der Waals surface area contributed by atoms with Gasteiger partial charge in [0.2, 0.25) is 0 Å². The average Bonchev–Trinajstić information content (AvgIpc) is 2.73. The van der Waals surface area contributed by atoms with Gasteiger partial charge < -0.3 is 4.74 Å². The van der Waals surface area contributed by atoms with Gasteiger partial charge in [-0.25, -0.2) is 0 Å². The van der Waals surface area contributed by atoms with Crippen molar-refractivity contribution >= 4 is 34.3 Å². The maximum absolute atomic E-state index is 6.18. The van der Waals surface area contributed by atoms with E-state index in [0.29, 0.717) is 11.6 Å². The van der Waals surface area contributed by atoms with E-state index in [2.05, 4.69) is 38.1 Å². The molecule has 0 saturated heterocycles. The molecule has 0 amide bonds. The Kier molecular flexibility index (Phi) is 5.64. The van der Waals surface area contributed by atoms with Crippen molar-refractivity contribution in [3.05, 3.63) is 106 Å². The molecule has 0 saturated carbocycles. The maximum atomic E-state index is 6.18. The molecule has 2 nitrogen and oxygen atoms in total. The molecule has 29 heavy (non-hydrogen) atoms. The number of aliphatic imine (C=N–C) groups is 1. The van der Waals surface area contributed by atoms with Crippen molar-refractivity contribution in [3.63, 3.8) is 0 Å². The lowest BCUT2D eigenvalue weighted by molar-refractivity contribution is 0.306. The highest BCUT2D eigenvalue weighted by molar-refractivity contribution is 6.30. The molecule has 3 heteroatoms. The second-order valence-corrected chi connectivity index (χ2v) is 7.53. The molecule has 0 spiro atoms. The Labute approximate surface area is 176 Å². The molecular weight excluding hydrogens is 378 g/mol. The molecule has 0 N–H and O–H groups in total. The van der Waals surface area contributed by atoms with Gasteiger partial charge in [0.15, 0.2) is 0 Å². The van der Waals surface area contributed by atoms with Crippen LogP contribution in [0.1, 0.15) is 22.3 Å². The van der Waals surface area contributed by atoms with Crippen LogP contribution in [0.25, 0.3) is 10.8 Å². The predicted octanol–water partition coefficient (Wildman–Crippen LogP) is 7.44. The summed E-state index contributed by atoms with van der Waals surface area (Å²) in [4.78, 5) is 4.79. The highest BCUT2D eigenvalue weighted by atomic mass is 35.5. The summed E-state index contributed by atoms with van der Waals surface area (Å²) in [6.45, 7) is 4.65. The Morgan fingerprint density at radius 1 is 0.897 bits per heavy atom. The summed E-state index contributed by atoms with van der Waals surface area (Å²) in [5.41, 5.74) is 5.40. The standard InChI is InChI=1S/C26H22ClNO/c1-18-7-5-12-25(19(18)2)28-16-24-23-11-4-3-9-21(23)13-14-26(24)29-17-20-8-6-10-22(27)15-20/h3-16H,17H2,1-2H3. The van der Waals surface area contributed by atoms with Crippen LogP contribution in [0.3, 0.4) is 0 Å². The summed E-state index contributed by atoms with van der Waals surface area (Å²) in [5.74, 6) is 0.803. The maximum Gasteiger partial charge on any atom is 0.129 e. The van der Waals surface area contributed by atoms with E-state index in [1.807, 2.05) is 60.8 Å². The van der Waals surface area contributed by atoms with Crippen molar-refractivity contribution in [3.8, 4) is 5.75 Å². The van der Waals surface area contributed by atoms with Crippen LogP contribution in [0.2, 0.25) is 5.02 Å². The van der Waals surface area contributed by atoms with Crippen molar-refractivity contribution in [1.29, 1.82) is 0 Å². The zero-order valence-electron chi connectivity index (χ0n) is 16.5. The van der Waals surface area contributed by atoms with Crippen molar-refractivity contribution < 1.29 is 4.74 Å². The first-order valence-electron chi connectivity index (χ1n) is 9.61. The van der Waals surface area contributed by atoms with Crippen LogP contribution in [0.15, 0.2) is 83.9 Å². The summed E-state index contributed by atoms with van der Waals surface area (Å²) < 4.78 is 6.18. The van der Waals surface area contributed by atoms with Crippen LogP contribution in [-0.4, -0.2) is 6.21 Å². The van der Waals surface area contributed by atoms with E-state index in [9.17, 15) is 0 Å². The fourth-order valence-corrected chi connectivity index (χ4v) is 3.54. The lowest BCUT2D eigenvalue weighted by atomic mass is 10.0. The van der Waals surface area contributed by atoms with Crippen LogP contribution < -0.4 is 4.74 Å². The quantitative estimate of drug-likeness (QED) is 0.319. The molecule has 0 radical (unpaired) electrons. The minimum absolute atomic E-state index is 0.448. The van der Waals surface area contributed by atoms with Crippen LogP contribution >= 0.6 is 11.6 Å². The molecule has 0 fully saturated rings. The topological polar surface area (TPSA) is 21.6 Å². The van der Waals surface area contributed by atoms with Gasteiger partial charge in [0, 0.05) is 16.8 Å². The molecule has 144 valence electrons. The van der Waals surface area contributed by atoms with Gasteiger partial charge in [0.05, 0.1) is 5.69 Å². The molecule has 0 bridgehead atoms. The van der Waals surface area contributed by atoms with Gasteiger partial charge in [-0.15, -0.1) is 0 Å². The van der Waals surface area contributed by atoms with Gasteiger partial charge in [0.25, 0.3) is 0 Å². The Morgan fingerprint density at radius 2 is 1.72 bits per heavy atom. The lowest BCUT2D eigenvalue weighted by Crippen LogP contribution is -1.99. The van der Waals surface area contributed by atoms with E-state index in [1.54, 1.807) is 0 Å². The average molecular weight is 400 g/mol. The fraction of sp³-hybridized carbons (Fsp3) is 0.115. The number of ether oxygens (including phenoxy) is 1. The Morgan fingerprint density at radius 3 is 2.59 bits per heavy atom. The summed E-state index contributed by atoms with van der Waals surface area (Å²) in [5, 5.41) is 2.98. The number of rotatable bonds is 5. The van der Waals surface area contributed by atoms with E-state index in [1.165, 1.54) is 11.1 Å². The number of hydrogen-bond donors (Lipinski definition) is 0. The summed E-state index contributed by atoms with van der Waals surface area (Å²) in [6, 6.07) is 26.3. The molecule has 0 aromatic heterocycles. The number of benzene rings is 4. The fourth-order valence-electron chi connectivity index (χ4n) is 3.33. The van der Waals surface area contributed by atoms with E-state index < -0.39 is 0 Å². The first-order valence-corrected chi connectivity index (χ1v) is 9.99. The third-order valence-electron chi connectivity index (χ3n) is 5.12. The first kappa shape index (κ1) is 19.2. The molecule has 0 aliphatic heterocycles. The minimum Gasteiger partial charge on any atom is -0.488 e. The first-order chi connectivity index (χ1) is 14.1. The van der Waals surface area contributed by atoms with Crippen LogP contribution in [0.4, 0.5) is 5.69 Å². The molecule has 0 atom stereocenters. The van der Waals surface area contributed by atoms with Crippen molar-refractivity contribution in [1.82, 2.24) is 0 Å². The van der Waals surface area contributed by atoms with Gasteiger partial charge >= 0.3 is 0 Å². The zero-order chi connectivity index (χ0) is 20.2. The summed E-state index contributed by atoms with van der Waals surface area (Å²) in [6.07, 6.45) is 1.91. The number of aryl methyl sites for hydroxylation is 1. The number of nitrogens with zero attached hydrogens (tertiary/aromatic N) is 1. The van der Waals surface area contributed by atoms with Crippen molar-refractivity contribution in [2.45, 2.75) is 20.5 Å². The van der Waals surface area contributed by atoms with Gasteiger partial charge in [-0.05, 0) is 65.6 Å². The number of hydrogen-bond acceptors (Lipinski definition) is 2. The number of fused-ring (bicyclic) bond motifs is 1. The van der Waals surface area contributed by atoms with Gasteiger partial charge in [-0.3, -0.25) is 4.99 Å².